The first kappa shape index (κ1) is 45.5. The standard InChI is InChI=1S/C64H64N10O2Si2/c1-67-41-69(61-27-29-65-39-63(61)67)49-33-53(37-55(35-49)77(3,4)5)75-51-17-13-15-47(31-51)73-43-71(57-19-9-11-21-59(57)73)45-23-25-46(26-24-45)72-44-74(60-22-12-10-20-58(60)72)48-16-14-18-52(32-48)76-54-34-50(36-56(38-54)78(6,7)8)70-42-68(2)64-40-66-30-28-62(64)70/h9-40H,41-44H2,1-8H3/i1D3. The SMILES string of the molecule is [2H]C([2H])([2H])N1CN(c2cc(Oc3cccc(N4CN(c5ccc(N6CN(c7cccc(Oc8cc(N9CN(C)c%10cnccc%109)cc([Si](C)(C)C)c8)c7)c7ccccc76)cc5)c5ccccc54)c3)cc([Si](C)(C)C)c2)c2ccncc21. The molecule has 0 aliphatic carbocycles. The van der Waals surface area contributed by atoms with E-state index in [0.29, 0.717) is 30.5 Å². The maximum absolute atomic E-state index is 8.28. The van der Waals surface area contributed by atoms with Crippen molar-refractivity contribution in [3.05, 3.63) is 195 Å². The highest BCUT2D eigenvalue weighted by atomic mass is 28.3. The molecule has 78 heavy (non-hydrogen) atoms. The molecular weight excluding hydrogens is 997 g/mol. The van der Waals surface area contributed by atoms with Gasteiger partial charge in [0.25, 0.3) is 0 Å². The van der Waals surface area contributed by atoms with Gasteiger partial charge >= 0.3 is 0 Å². The normalized spacial score (nSPS) is 15.5. The van der Waals surface area contributed by atoms with Gasteiger partial charge in [-0.15, -0.1) is 0 Å². The Labute approximate surface area is 464 Å². The summed E-state index contributed by atoms with van der Waals surface area (Å²) >= 11 is 0. The number of aromatic nitrogens is 2. The Morgan fingerprint density at radius 2 is 0.731 bits per heavy atom. The quantitative estimate of drug-likeness (QED) is 0.109. The number of para-hydroxylation sites is 4. The minimum Gasteiger partial charge on any atom is -0.457 e. The van der Waals surface area contributed by atoms with Crippen molar-refractivity contribution in [2.75, 3.05) is 79.9 Å². The van der Waals surface area contributed by atoms with E-state index >= 15 is 0 Å². The number of pyridine rings is 2. The van der Waals surface area contributed by atoms with E-state index in [2.05, 4.69) is 225 Å². The van der Waals surface area contributed by atoms with Crippen LogP contribution in [0.4, 0.5) is 79.6 Å². The van der Waals surface area contributed by atoms with Crippen LogP contribution in [0.1, 0.15) is 4.11 Å². The third-order valence-corrected chi connectivity index (χ3v) is 19.4. The fourth-order valence-electron chi connectivity index (χ4n) is 11.1. The Kier molecular flexibility index (Phi) is 11.1. The molecule has 0 atom stereocenters. The lowest BCUT2D eigenvalue weighted by Crippen LogP contribution is -2.38. The van der Waals surface area contributed by atoms with Crippen LogP contribution in [0.25, 0.3) is 0 Å². The minimum absolute atomic E-state index is 0.176. The molecule has 0 spiro atoms. The predicted molar refractivity (Wildman–Crippen MR) is 329 cm³/mol. The number of hydrogen-bond acceptors (Lipinski definition) is 12. The molecule has 13 rings (SSSR count). The van der Waals surface area contributed by atoms with E-state index in [1.807, 2.05) is 47.6 Å². The van der Waals surface area contributed by atoms with Crippen molar-refractivity contribution in [1.82, 2.24) is 9.97 Å². The van der Waals surface area contributed by atoms with E-state index in [0.717, 1.165) is 92.1 Å². The topological polar surface area (TPSA) is 70.2 Å². The Morgan fingerprint density at radius 3 is 1.15 bits per heavy atom. The number of ether oxygens (including phenoxy) is 2. The second kappa shape index (κ2) is 19.1. The molecule has 0 unspecified atom stereocenters. The van der Waals surface area contributed by atoms with Crippen LogP contribution in [0.3, 0.4) is 0 Å². The molecule has 0 bridgehead atoms. The van der Waals surface area contributed by atoms with Crippen molar-refractivity contribution in [2.24, 2.45) is 0 Å². The Balaban J connectivity index is 0.737. The Hall–Kier alpha value is -8.73. The van der Waals surface area contributed by atoms with Gasteiger partial charge in [0.1, 0.15) is 36.3 Å². The van der Waals surface area contributed by atoms with Gasteiger partial charge in [-0.3, -0.25) is 9.97 Å². The highest BCUT2D eigenvalue weighted by Gasteiger charge is 2.33. The maximum atomic E-state index is 8.28. The van der Waals surface area contributed by atoms with E-state index in [4.69, 9.17) is 13.6 Å². The molecule has 6 heterocycles. The monoisotopic (exact) mass is 1060 g/mol. The van der Waals surface area contributed by atoms with Crippen LogP contribution < -0.4 is 59.0 Å². The van der Waals surface area contributed by atoms with Crippen molar-refractivity contribution in [3.63, 3.8) is 0 Å². The van der Waals surface area contributed by atoms with Crippen LogP contribution in [0.15, 0.2) is 195 Å². The smallest absolute Gasteiger partial charge is 0.129 e. The summed E-state index contributed by atoms with van der Waals surface area (Å²) in [4.78, 5) is 26.2. The molecule has 0 saturated heterocycles. The summed E-state index contributed by atoms with van der Waals surface area (Å²) in [5.74, 6) is 3.01. The molecule has 4 aliphatic heterocycles. The van der Waals surface area contributed by atoms with Gasteiger partial charge in [-0.1, -0.05) is 86.1 Å². The Bertz CT molecular complexity index is 3870. The molecule has 7 aromatic carbocycles. The summed E-state index contributed by atoms with van der Waals surface area (Å²) in [7, 11) is -1.49. The molecule has 0 amide bonds. The van der Waals surface area contributed by atoms with Crippen molar-refractivity contribution >= 4 is 106 Å². The molecule has 12 nitrogen and oxygen atoms in total. The summed E-state index contributed by atoms with van der Waals surface area (Å²) in [6.07, 6.45) is 7.15. The van der Waals surface area contributed by atoms with Crippen LogP contribution >= 0.6 is 0 Å². The fraction of sp³-hybridized carbons (Fsp3) is 0.188. The summed E-state index contributed by atoms with van der Waals surface area (Å²) in [5, 5.41) is 2.54. The maximum Gasteiger partial charge on any atom is 0.129 e. The number of rotatable bonds is 12. The van der Waals surface area contributed by atoms with Gasteiger partial charge in [-0.25, -0.2) is 0 Å². The van der Waals surface area contributed by atoms with E-state index in [1.54, 1.807) is 12.4 Å². The first-order chi connectivity index (χ1) is 38.9. The molecule has 390 valence electrons. The molecule has 0 fully saturated rings. The van der Waals surface area contributed by atoms with Gasteiger partial charge in [-0.2, -0.15) is 0 Å². The zero-order valence-corrected chi connectivity index (χ0v) is 47.1. The lowest BCUT2D eigenvalue weighted by Gasteiger charge is -2.25. The average molecular weight is 1060 g/mol. The second-order valence-corrected chi connectivity index (χ2v) is 32.8. The number of fused-ring (bicyclic) bond motifs is 4. The molecule has 0 N–H and O–H groups in total. The van der Waals surface area contributed by atoms with Gasteiger partial charge in [0.2, 0.25) is 0 Å². The summed E-state index contributed by atoms with van der Waals surface area (Å²) in [6, 6.07) is 59.9. The zero-order chi connectivity index (χ0) is 56.0. The largest absolute Gasteiger partial charge is 0.457 e. The predicted octanol–water partition coefficient (Wildman–Crippen LogP) is 14.7. The summed E-state index contributed by atoms with van der Waals surface area (Å²) in [6.45, 7) is 13.9. The first-order valence-corrected chi connectivity index (χ1v) is 33.6. The molecule has 0 saturated carbocycles. The number of hydrogen-bond donors (Lipinski definition) is 0. The highest BCUT2D eigenvalue weighted by molar-refractivity contribution is 6.89. The molecular formula is C64H64N10O2Si2. The van der Waals surface area contributed by atoms with Crippen molar-refractivity contribution < 1.29 is 13.6 Å². The third kappa shape index (κ3) is 8.99. The number of benzene rings is 7. The van der Waals surface area contributed by atoms with Crippen LogP contribution in [-0.4, -0.2) is 66.8 Å². The second-order valence-electron chi connectivity index (χ2n) is 22.6. The average Bonchev–Trinajstić information content (AvgIpc) is 4.42. The zero-order valence-electron chi connectivity index (χ0n) is 48.1. The van der Waals surface area contributed by atoms with Gasteiger partial charge in [0.15, 0.2) is 0 Å². The summed E-state index contributed by atoms with van der Waals surface area (Å²) in [5.41, 5.74) is 14.4. The molecule has 0 radical (unpaired) electrons. The van der Waals surface area contributed by atoms with Gasteiger partial charge in [0.05, 0.1) is 87.4 Å². The van der Waals surface area contributed by atoms with Crippen molar-refractivity contribution in [3.8, 4) is 23.0 Å². The highest BCUT2D eigenvalue weighted by Crippen LogP contribution is 2.49. The lowest BCUT2D eigenvalue weighted by atomic mass is 10.2. The summed E-state index contributed by atoms with van der Waals surface area (Å²) < 4.78 is 38.5. The van der Waals surface area contributed by atoms with Crippen molar-refractivity contribution in [2.45, 2.75) is 39.3 Å². The van der Waals surface area contributed by atoms with E-state index < -0.39 is 23.1 Å². The molecule has 4 aliphatic rings. The van der Waals surface area contributed by atoms with E-state index in [-0.39, 0.29) is 6.67 Å². The first-order valence-electron chi connectivity index (χ1n) is 28.1. The lowest BCUT2D eigenvalue weighted by molar-refractivity contribution is 0.483. The fourth-order valence-corrected chi connectivity index (χ4v) is 13.4. The molecule has 14 heteroatoms. The van der Waals surface area contributed by atoms with Crippen LogP contribution in [0.2, 0.25) is 39.3 Å². The molecule has 2 aromatic heterocycles. The Morgan fingerprint density at radius 1 is 0.359 bits per heavy atom. The minimum atomic E-state index is -2.32. The van der Waals surface area contributed by atoms with Crippen LogP contribution in [0, 0.1) is 0 Å². The third-order valence-electron chi connectivity index (χ3n) is 15.3. The van der Waals surface area contributed by atoms with Gasteiger partial charge < -0.3 is 48.7 Å². The van der Waals surface area contributed by atoms with Crippen molar-refractivity contribution in [1.29, 1.82) is 0 Å². The van der Waals surface area contributed by atoms with Crippen LogP contribution in [0.5, 0.6) is 23.0 Å². The number of anilines is 14. The van der Waals surface area contributed by atoms with Gasteiger partial charge in [0, 0.05) is 88.9 Å². The molecule has 9 aromatic rings. The number of nitrogens with zero attached hydrogens (tertiary/aromatic N) is 10. The van der Waals surface area contributed by atoms with Gasteiger partial charge in [-0.05, 0) is 109 Å². The van der Waals surface area contributed by atoms with Crippen LogP contribution in [-0.2, 0) is 0 Å². The van der Waals surface area contributed by atoms with E-state index in [1.165, 1.54) is 15.3 Å². The van der Waals surface area contributed by atoms with E-state index in [9.17, 15) is 0 Å².